The Labute approximate surface area is 106 Å². The summed E-state index contributed by atoms with van der Waals surface area (Å²) >= 11 is 0. The van der Waals surface area contributed by atoms with Crippen molar-refractivity contribution < 1.29 is 23.1 Å². The minimum atomic E-state index is -3.84. The Morgan fingerprint density at radius 2 is 1.83 bits per heavy atom. The number of esters is 1. The van der Waals surface area contributed by atoms with Crippen molar-refractivity contribution in [3.05, 3.63) is 24.3 Å². The van der Waals surface area contributed by atoms with Crippen molar-refractivity contribution >= 4 is 21.7 Å². The predicted molar refractivity (Wildman–Crippen MR) is 66.9 cm³/mol. The van der Waals surface area contributed by atoms with E-state index in [2.05, 4.69) is 4.74 Å². The highest BCUT2D eigenvalue weighted by Crippen LogP contribution is 2.21. The van der Waals surface area contributed by atoms with E-state index in [4.69, 9.17) is 5.11 Å². The van der Waals surface area contributed by atoms with Gasteiger partial charge in [-0.05, 0) is 31.2 Å². The molecule has 0 aromatic heterocycles. The van der Waals surface area contributed by atoms with Gasteiger partial charge in [-0.1, -0.05) is 0 Å². The number of carbonyl (C=O) groups is 1. The van der Waals surface area contributed by atoms with Gasteiger partial charge in [0.2, 0.25) is 10.0 Å². The monoisotopic (exact) mass is 273 g/mol. The molecule has 100 valence electrons. The maximum atomic E-state index is 12.1. The van der Waals surface area contributed by atoms with Gasteiger partial charge in [0.05, 0.1) is 12.8 Å². The van der Waals surface area contributed by atoms with Crippen LogP contribution in [0.1, 0.15) is 6.92 Å². The van der Waals surface area contributed by atoms with Gasteiger partial charge in [0.15, 0.2) is 5.25 Å². The minimum absolute atomic E-state index is 0.0329. The van der Waals surface area contributed by atoms with Crippen molar-refractivity contribution in [2.75, 3.05) is 18.5 Å². The maximum absolute atomic E-state index is 12.1. The topological polar surface area (TPSA) is 83.9 Å². The molecule has 6 nitrogen and oxygen atoms in total. The van der Waals surface area contributed by atoms with Crippen LogP contribution in [0.5, 0.6) is 5.75 Å². The number of methoxy groups -OCH3 is 1. The Kier molecular flexibility index (Phi) is 4.18. The first-order valence-corrected chi connectivity index (χ1v) is 6.65. The van der Waals surface area contributed by atoms with E-state index in [9.17, 15) is 13.2 Å². The van der Waals surface area contributed by atoms with Crippen LogP contribution in [0.15, 0.2) is 24.3 Å². The standard InChI is InChI=1S/C11H15NO5S/c1-8(11(14)17-3)18(15,16)12(2)9-4-6-10(13)7-5-9/h4-8,13H,1-3H3. The van der Waals surface area contributed by atoms with Crippen molar-refractivity contribution in [3.8, 4) is 5.75 Å². The van der Waals surface area contributed by atoms with Crippen LogP contribution in [0.3, 0.4) is 0 Å². The number of hydrogen-bond donors (Lipinski definition) is 1. The molecule has 7 heteroatoms. The molecule has 0 heterocycles. The first kappa shape index (κ1) is 14.3. The van der Waals surface area contributed by atoms with Crippen LogP contribution >= 0.6 is 0 Å². The highest BCUT2D eigenvalue weighted by atomic mass is 32.2. The number of rotatable bonds is 4. The lowest BCUT2D eigenvalue weighted by atomic mass is 10.3. The van der Waals surface area contributed by atoms with Crippen LogP contribution < -0.4 is 4.31 Å². The second-order valence-corrected chi connectivity index (χ2v) is 5.98. The Balaban J connectivity index is 3.05. The molecule has 0 spiro atoms. The zero-order chi connectivity index (χ0) is 13.9. The summed E-state index contributed by atoms with van der Waals surface area (Å²) in [6, 6.07) is 5.61. The number of nitrogens with zero attached hydrogens (tertiary/aromatic N) is 1. The van der Waals surface area contributed by atoms with Crippen molar-refractivity contribution in [1.82, 2.24) is 0 Å². The second kappa shape index (κ2) is 5.26. The van der Waals surface area contributed by atoms with Crippen molar-refractivity contribution in [2.24, 2.45) is 0 Å². The molecule has 18 heavy (non-hydrogen) atoms. The number of benzene rings is 1. The van der Waals surface area contributed by atoms with Gasteiger partial charge in [-0.15, -0.1) is 0 Å². The van der Waals surface area contributed by atoms with Gasteiger partial charge >= 0.3 is 5.97 Å². The fourth-order valence-corrected chi connectivity index (χ4v) is 2.56. The summed E-state index contributed by atoms with van der Waals surface area (Å²) in [7, 11) is -1.37. The molecule has 1 atom stereocenters. The highest BCUT2D eigenvalue weighted by molar-refractivity contribution is 7.94. The molecule has 0 saturated carbocycles. The van der Waals surface area contributed by atoms with Crippen LogP contribution in [-0.2, 0) is 19.6 Å². The van der Waals surface area contributed by atoms with Gasteiger partial charge in [0.1, 0.15) is 5.75 Å². The van der Waals surface area contributed by atoms with E-state index in [-0.39, 0.29) is 5.75 Å². The third-order valence-electron chi connectivity index (χ3n) is 2.57. The van der Waals surface area contributed by atoms with E-state index >= 15 is 0 Å². The molecule has 1 aromatic rings. The molecule has 1 N–H and O–H groups in total. The zero-order valence-electron chi connectivity index (χ0n) is 10.3. The Bertz CT molecular complexity index is 523. The SMILES string of the molecule is COC(=O)C(C)S(=O)(=O)N(C)c1ccc(O)cc1. The molecule has 0 radical (unpaired) electrons. The summed E-state index contributed by atoms with van der Waals surface area (Å²) in [5, 5.41) is 7.84. The van der Waals surface area contributed by atoms with E-state index in [1.165, 1.54) is 38.2 Å². The summed E-state index contributed by atoms with van der Waals surface area (Å²) in [4.78, 5) is 11.3. The van der Waals surface area contributed by atoms with Gasteiger partial charge < -0.3 is 9.84 Å². The van der Waals surface area contributed by atoms with Gasteiger partial charge in [-0.2, -0.15) is 0 Å². The van der Waals surface area contributed by atoms with E-state index in [0.29, 0.717) is 5.69 Å². The van der Waals surface area contributed by atoms with Crippen molar-refractivity contribution in [2.45, 2.75) is 12.2 Å². The number of sulfonamides is 1. The van der Waals surface area contributed by atoms with Crippen LogP contribution in [0.25, 0.3) is 0 Å². The first-order chi connectivity index (χ1) is 8.30. The molecule has 1 aromatic carbocycles. The number of ether oxygens (including phenoxy) is 1. The number of hydrogen-bond acceptors (Lipinski definition) is 5. The molecule has 0 aliphatic rings. The fourth-order valence-electron chi connectivity index (χ4n) is 1.33. The molecule has 0 bridgehead atoms. The molecule has 0 amide bonds. The third-order valence-corrected chi connectivity index (χ3v) is 4.64. The van der Waals surface area contributed by atoms with E-state index < -0.39 is 21.2 Å². The largest absolute Gasteiger partial charge is 0.508 e. The van der Waals surface area contributed by atoms with Gasteiger partial charge in [0, 0.05) is 7.05 Å². The molecular weight excluding hydrogens is 258 g/mol. The summed E-state index contributed by atoms with van der Waals surface area (Å²) in [5.41, 5.74) is 0.351. The number of phenols is 1. The molecule has 0 fully saturated rings. The smallest absolute Gasteiger partial charge is 0.325 e. The number of aromatic hydroxyl groups is 1. The molecule has 1 unspecified atom stereocenters. The molecule has 0 aliphatic carbocycles. The Morgan fingerprint density at radius 1 is 1.33 bits per heavy atom. The third kappa shape index (κ3) is 2.73. The van der Waals surface area contributed by atoms with Crippen LogP contribution in [0.4, 0.5) is 5.69 Å². The second-order valence-electron chi connectivity index (χ2n) is 3.69. The lowest BCUT2D eigenvalue weighted by molar-refractivity contribution is -0.139. The van der Waals surface area contributed by atoms with E-state index in [1.54, 1.807) is 0 Å². The quantitative estimate of drug-likeness (QED) is 0.817. The average Bonchev–Trinajstić information content (AvgIpc) is 2.36. The summed E-state index contributed by atoms with van der Waals surface area (Å²) in [6.45, 7) is 1.26. The van der Waals surface area contributed by atoms with Crippen LogP contribution in [-0.4, -0.2) is 38.9 Å². The van der Waals surface area contributed by atoms with Gasteiger partial charge in [0.25, 0.3) is 0 Å². The maximum Gasteiger partial charge on any atom is 0.325 e. The summed E-state index contributed by atoms with van der Waals surface area (Å²) < 4.78 is 29.6. The Hall–Kier alpha value is -1.76. The number of carbonyl (C=O) groups excluding carboxylic acids is 1. The highest BCUT2D eigenvalue weighted by Gasteiger charge is 2.32. The van der Waals surface area contributed by atoms with E-state index in [1.807, 2.05) is 0 Å². The minimum Gasteiger partial charge on any atom is -0.508 e. The van der Waals surface area contributed by atoms with Crippen molar-refractivity contribution in [1.29, 1.82) is 0 Å². The molecule has 0 saturated heterocycles. The first-order valence-electron chi connectivity index (χ1n) is 5.15. The normalized spacial score (nSPS) is 12.8. The van der Waals surface area contributed by atoms with Crippen molar-refractivity contribution in [3.63, 3.8) is 0 Å². The van der Waals surface area contributed by atoms with E-state index in [0.717, 1.165) is 11.4 Å². The van der Waals surface area contributed by atoms with Gasteiger partial charge in [-0.25, -0.2) is 8.42 Å². The summed E-state index contributed by atoms with van der Waals surface area (Å²) in [6.07, 6.45) is 0. The Morgan fingerprint density at radius 3 is 2.28 bits per heavy atom. The molecule has 0 aliphatic heterocycles. The average molecular weight is 273 g/mol. The summed E-state index contributed by atoms with van der Waals surface area (Å²) in [5.74, 6) is -0.786. The number of anilines is 1. The molecular formula is C11H15NO5S. The predicted octanol–water partition coefficient (Wildman–Crippen LogP) is 0.720. The lowest BCUT2D eigenvalue weighted by Gasteiger charge is -2.22. The molecule has 1 rings (SSSR count). The lowest BCUT2D eigenvalue weighted by Crippen LogP contribution is -2.39. The fraction of sp³-hybridized carbons (Fsp3) is 0.364. The zero-order valence-corrected chi connectivity index (χ0v) is 11.1. The van der Waals surface area contributed by atoms with Gasteiger partial charge in [-0.3, -0.25) is 9.10 Å². The number of phenolic OH excluding ortho intramolecular Hbond substituents is 1. The van der Waals surface area contributed by atoms with Crippen LogP contribution in [0.2, 0.25) is 0 Å². The van der Waals surface area contributed by atoms with Crippen LogP contribution in [0, 0.1) is 0 Å².